The number of carbonyl (C=O) groups excluding carboxylic acids is 3. The third-order valence-corrected chi connectivity index (χ3v) is 3.80. The number of unbranched alkanes of at least 4 members (excludes halogenated alkanes) is 1. The van der Waals surface area contributed by atoms with Crippen molar-refractivity contribution in [2.24, 2.45) is 11.3 Å². The number of hydroxylamine groups is 1. The van der Waals surface area contributed by atoms with Crippen LogP contribution >= 0.6 is 0 Å². The molecule has 1 rings (SSSR count). The first-order valence-electron chi connectivity index (χ1n) is 7.66. The summed E-state index contributed by atoms with van der Waals surface area (Å²) in [6.07, 6.45) is 4.65. The van der Waals surface area contributed by atoms with Crippen LogP contribution in [0.3, 0.4) is 0 Å². The van der Waals surface area contributed by atoms with Crippen LogP contribution in [0, 0.1) is 11.3 Å². The summed E-state index contributed by atoms with van der Waals surface area (Å²) in [4.78, 5) is 41.6. The maximum atomic E-state index is 12.5. The molecule has 0 aliphatic heterocycles. The Kier molecular flexibility index (Phi) is 7.32. The standard InChI is InChI=1S/C17H25NO5/c1-5-10-23-18-9-7-6-8-12-13(19)11-17(2,3)14(15(12)20)16(21)22-4/h5,8,14,18H,1,6-7,9-11H2,2-4H3. The number of hydrogen-bond acceptors (Lipinski definition) is 6. The Morgan fingerprint density at radius 2 is 2.13 bits per heavy atom. The first-order valence-corrected chi connectivity index (χ1v) is 7.66. The van der Waals surface area contributed by atoms with Gasteiger partial charge in [-0.2, -0.15) is 0 Å². The normalized spacial score (nSPS) is 22.2. The second kappa shape index (κ2) is 8.74. The van der Waals surface area contributed by atoms with Crippen LogP contribution in [0.4, 0.5) is 0 Å². The highest BCUT2D eigenvalue weighted by Gasteiger charge is 2.49. The molecule has 1 aliphatic rings. The summed E-state index contributed by atoms with van der Waals surface area (Å²) in [5.74, 6) is -2.16. The van der Waals surface area contributed by atoms with Crippen LogP contribution in [0.2, 0.25) is 0 Å². The summed E-state index contributed by atoms with van der Waals surface area (Å²) in [7, 11) is 1.25. The number of Topliss-reactive ketones (excluding diaryl/α,β-unsaturated/α-hetero) is 2. The van der Waals surface area contributed by atoms with Gasteiger partial charge in [0.05, 0.1) is 19.3 Å². The molecule has 0 heterocycles. The number of rotatable bonds is 8. The largest absolute Gasteiger partial charge is 0.468 e. The number of ketones is 2. The monoisotopic (exact) mass is 323 g/mol. The average molecular weight is 323 g/mol. The predicted octanol–water partition coefficient (Wildman–Crippen LogP) is 1.76. The van der Waals surface area contributed by atoms with Gasteiger partial charge in [-0.3, -0.25) is 19.2 Å². The summed E-state index contributed by atoms with van der Waals surface area (Å²) in [5.41, 5.74) is 2.15. The SMILES string of the molecule is C=CCONCCCC=C1C(=O)CC(C)(C)C(C(=O)OC)C1=O. The second-order valence-corrected chi connectivity index (χ2v) is 6.16. The lowest BCUT2D eigenvalue weighted by atomic mass is 9.66. The molecule has 0 amide bonds. The van der Waals surface area contributed by atoms with Gasteiger partial charge >= 0.3 is 5.97 Å². The van der Waals surface area contributed by atoms with Crippen molar-refractivity contribution in [3.8, 4) is 0 Å². The number of nitrogens with one attached hydrogen (secondary N) is 1. The third-order valence-electron chi connectivity index (χ3n) is 3.80. The summed E-state index contributed by atoms with van der Waals surface area (Å²) < 4.78 is 4.73. The van der Waals surface area contributed by atoms with Crippen molar-refractivity contribution in [1.82, 2.24) is 5.48 Å². The van der Waals surface area contributed by atoms with Crippen molar-refractivity contribution < 1.29 is 24.0 Å². The number of methoxy groups -OCH3 is 1. The molecule has 0 saturated heterocycles. The van der Waals surface area contributed by atoms with E-state index in [2.05, 4.69) is 12.1 Å². The number of carbonyl (C=O) groups is 3. The van der Waals surface area contributed by atoms with Gasteiger partial charge in [0.2, 0.25) is 0 Å². The highest BCUT2D eigenvalue weighted by atomic mass is 16.6. The van der Waals surface area contributed by atoms with Gasteiger partial charge in [0.1, 0.15) is 5.92 Å². The fourth-order valence-electron chi connectivity index (χ4n) is 2.63. The van der Waals surface area contributed by atoms with Gasteiger partial charge in [-0.05, 0) is 18.3 Å². The highest BCUT2D eigenvalue weighted by molar-refractivity contribution is 6.27. The van der Waals surface area contributed by atoms with Crippen molar-refractivity contribution >= 4 is 17.5 Å². The van der Waals surface area contributed by atoms with Crippen molar-refractivity contribution in [3.63, 3.8) is 0 Å². The number of allylic oxidation sites excluding steroid dienone is 2. The topological polar surface area (TPSA) is 81.7 Å². The molecular formula is C17H25NO5. The van der Waals surface area contributed by atoms with E-state index in [1.54, 1.807) is 26.0 Å². The predicted molar refractivity (Wildman–Crippen MR) is 85.4 cm³/mol. The molecule has 0 aromatic heterocycles. The summed E-state index contributed by atoms with van der Waals surface area (Å²) in [6, 6.07) is 0. The molecule has 0 spiro atoms. The van der Waals surface area contributed by atoms with Gasteiger partial charge in [0.25, 0.3) is 0 Å². The van der Waals surface area contributed by atoms with E-state index in [0.29, 0.717) is 26.0 Å². The van der Waals surface area contributed by atoms with E-state index in [4.69, 9.17) is 9.57 Å². The first-order chi connectivity index (χ1) is 10.8. The van der Waals surface area contributed by atoms with Crippen LogP contribution < -0.4 is 5.48 Å². The van der Waals surface area contributed by atoms with E-state index in [9.17, 15) is 14.4 Å². The van der Waals surface area contributed by atoms with Crippen molar-refractivity contribution in [2.75, 3.05) is 20.3 Å². The quantitative estimate of drug-likeness (QED) is 0.139. The van der Waals surface area contributed by atoms with Crippen LogP contribution in [0.5, 0.6) is 0 Å². The van der Waals surface area contributed by atoms with Gasteiger partial charge in [-0.25, -0.2) is 5.48 Å². The van der Waals surface area contributed by atoms with E-state index in [1.165, 1.54) is 7.11 Å². The van der Waals surface area contributed by atoms with Crippen molar-refractivity contribution in [3.05, 3.63) is 24.3 Å². The van der Waals surface area contributed by atoms with Gasteiger partial charge in [0, 0.05) is 13.0 Å². The fourth-order valence-corrected chi connectivity index (χ4v) is 2.63. The Bertz CT molecular complexity index is 507. The minimum absolute atomic E-state index is 0.117. The molecule has 0 bridgehead atoms. The zero-order valence-corrected chi connectivity index (χ0v) is 14.0. The zero-order valence-electron chi connectivity index (χ0n) is 14.0. The second-order valence-electron chi connectivity index (χ2n) is 6.16. The maximum absolute atomic E-state index is 12.5. The van der Waals surface area contributed by atoms with Crippen LogP contribution in [-0.2, 0) is 24.0 Å². The van der Waals surface area contributed by atoms with Gasteiger partial charge in [0.15, 0.2) is 11.6 Å². The fraction of sp³-hybridized carbons (Fsp3) is 0.588. The molecule has 0 aromatic carbocycles. The van der Waals surface area contributed by atoms with Crippen LogP contribution in [0.15, 0.2) is 24.3 Å². The molecule has 1 unspecified atom stereocenters. The Morgan fingerprint density at radius 3 is 2.74 bits per heavy atom. The molecule has 1 saturated carbocycles. The Labute approximate surface area is 136 Å². The first kappa shape index (κ1) is 19.3. The highest BCUT2D eigenvalue weighted by Crippen LogP contribution is 2.39. The number of esters is 1. The molecule has 1 fully saturated rings. The van der Waals surface area contributed by atoms with E-state index in [0.717, 1.165) is 0 Å². The molecular weight excluding hydrogens is 298 g/mol. The van der Waals surface area contributed by atoms with E-state index in [1.807, 2.05) is 0 Å². The van der Waals surface area contributed by atoms with Crippen molar-refractivity contribution in [1.29, 1.82) is 0 Å². The molecule has 0 aromatic rings. The lowest BCUT2D eigenvalue weighted by molar-refractivity contribution is -0.155. The molecule has 6 nitrogen and oxygen atoms in total. The van der Waals surface area contributed by atoms with Gasteiger partial charge in [-0.1, -0.05) is 26.0 Å². The van der Waals surface area contributed by atoms with Crippen molar-refractivity contribution in [2.45, 2.75) is 33.1 Å². The van der Waals surface area contributed by atoms with Crippen LogP contribution in [0.25, 0.3) is 0 Å². The van der Waals surface area contributed by atoms with Crippen LogP contribution in [-0.4, -0.2) is 37.8 Å². The van der Waals surface area contributed by atoms with E-state index < -0.39 is 23.1 Å². The Morgan fingerprint density at radius 1 is 1.43 bits per heavy atom. The minimum Gasteiger partial charge on any atom is -0.468 e. The van der Waals surface area contributed by atoms with E-state index in [-0.39, 0.29) is 17.8 Å². The lowest BCUT2D eigenvalue weighted by Gasteiger charge is -2.35. The van der Waals surface area contributed by atoms with E-state index >= 15 is 0 Å². The lowest BCUT2D eigenvalue weighted by Crippen LogP contribution is -2.45. The summed E-state index contributed by atoms with van der Waals surface area (Å²) >= 11 is 0. The zero-order chi connectivity index (χ0) is 17.5. The average Bonchev–Trinajstić information content (AvgIpc) is 2.47. The molecule has 1 atom stereocenters. The van der Waals surface area contributed by atoms with Gasteiger partial charge in [-0.15, -0.1) is 6.58 Å². The smallest absolute Gasteiger partial charge is 0.317 e. The molecule has 0 radical (unpaired) electrons. The minimum atomic E-state index is -0.925. The van der Waals surface area contributed by atoms with Crippen LogP contribution in [0.1, 0.15) is 33.1 Å². The number of hydrogen-bond donors (Lipinski definition) is 1. The Balaban J connectivity index is 2.68. The molecule has 23 heavy (non-hydrogen) atoms. The Hall–Kier alpha value is -1.79. The molecule has 128 valence electrons. The molecule has 6 heteroatoms. The summed E-state index contributed by atoms with van der Waals surface area (Å²) in [6.45, 7) is 8.00. The van der Waals surface area contributed by atoms with Gasteiger partial charge < -0.3 is 4.74 Å². The molecule has 1 aliphatic carbocycles. The molecule has 1 N–H and O–H groups in total. The third kappa shape index (κ3) is 5.11. The summed E-state index contributed by atoms with van der Waals surface area (Å²) in [5, 5.41) is 0. The maximum Gasteiger partial charge on any atom is 0.317 e. The number of ether oxygens (including phenoxy) is 1.